The third-order valence-electron chi connectivity index (χ3n) is 6.56. The number of hydrogen-bond acceptors (Lipinski definition) is 5. The van der Waals surface area contributed by atoms with Crippen LogP contribution < -0.4 is 16.0 Å². The van der Waals surface area contributed by atoms with Gasteiger partial charge in [-0.1, -0.05) is 86.6 Å². The number of rotatable bonds is 13. The molecular weight excluding hydrogens is 518 g/mol. The van der Waals surface area contributed by atoms with Crippen LogP contribution >= 0.6 is 0 Å². The summed E-state index contributed by atoms with van der Waals surface area (Å²) in [6.07, 6.45) is 3.53. The number of ether oxygens (including phenoxy) is 1. The van der Waals surface area contributed by atoms with Crippen LogP contribution in [0.3, 0.4) is 0 Å². The van der Waals surface area contributed by atoms with Crippen LogP contribution in [0.4, 0.5) is 4.79 Å². The van der Waals surface area contributed by atoms with Crippen LogP contribution in [-0.4, -0.2) is 40.0 Å². The molecule has 0 aliphatic rings. The number of amides is 3. The second kappa shape index (κ2) is 14.6. The van der Waals surface area contributed by atoms with Crippen LogP contribution in [0.2, 0.25) is 0 Å². The Kier molecular flexibility index (Phi) is 10.5. The Hall–Kier alpha value is -4.66. The molecule has 9 heteroatoms. The first kappa shape index (κ1) is 29.3. The van der Waals surface area contributed by atoms with E-state index < -0.39 is 24.1 Å². The monoisotopic (exact) mass is 554 g/mol. The highest BCUT2D eigenvalue weighted by Crippen LogP contribution is 2.20. The second-order valence-electron chi connectivity index (χ2n) is 10.3. The van der Waals surface area contributed by atoms with Crippen LogP contribution in [0.25, 0.3) is 10.8 Å². The van der Waals surface area contributed by atoms with Crippen molar-refractivity contribution in [1.82, 2.24) is 25.9 Å². The van der Waals surface area contributed by atoms with E-state index in [1.165, 1.54) is 6.33 Å². The van der Waals surface area contributed by atoms with Gasteiger partial charge in [0.05, 0.1) is 12.0 Å². The first-order valence-electron chi connectivity index (χ1n) is 13.7. The van der Waals surface area contributed by atoms with Crippen molar-refractivity contribution < 1.29 is 19.1 Å². The van der Waals surface area contributed by atoms with E-state index in [0.717, 1.165) is 21.9 Å². The molecule has 2 atom stereocenters. The van der Waals surface area contributed by atoms with Gasteiger partial charge in [0.15, 0.2) is 0 Å². The molecular formula is C32H36N5O4. The standard InChI is InChI=1S/C32H36N5O4/c1-22(2)15-16-34-30(38)29(18-26-19-33-21-35-26)36-31(39)28(37-32(40)41-20-23-9-4-3-5-10-23)17-25-13-8-12-24-11-6-7-14-27(24)25/h3-14,16,19,21-22,28-29H,15,17-18,20H2,1-2H3,(H,33,35)(H,34,38)(H,36,39)(H,37,40)/t28-,29?/m1/s1. The summed E-state index contributed by atoms with van der Waals surface area (Å²) >= 11 is 0. The second-order valence-corrected chi connectivity index (χ2v) is 10.3. The summed E-state index contributed by atoms with van der Waals surface area (Å²) in [5.74, 6) is -0.502. The van der Waals surface area contributed by atoms with Crippen molar-refractivity contribution in [3.05, 3.63) is 109 Å². The van der Waals surface area contributed by atoms with Crippen LogP contribution in [0, 0.1) is 12.5 Å². The maximum absolute atomic E-state index is 13.7. The van der Waals surface area contributed by atoms with Gasteiger partial charge in [-0.15, -0.1) is 0 Å². The molecule has 4 rings (SSSR count). The maximum Gasteiger partial charge on any atom is 0.408 e. The lowest BCUT2D eigenvalue weighted by Crippen LogP contribution is -2.55. The van der Waals surface area contributed by atoms with E-state index in [-0.39, 0.29) is 25.4 Å². The van der Waals surface area contributed by atoms with Gasteiger partial charge in [0.1, 0.15) is 18.7 Å². The van der Waals surface area contributed by atoms with Gasteiger partial charge in [-0.3, -0.25) is 9.59 Å². The number of nitrogens with one attached hydrogen (secondary N) is 4. The Morgan fingerprint density at radius 2 is 1.61 bits per heavy atom. The van der Waals surface area contributed by atoms with Crippen molar-refractivity contribution in [2.24, 2.45) is 5.92 Å². The van der Waals surface area contributed by atoms with E-state index in [4.69, 9.17) is 4.74 Å². The number of carbonyl (C=O) groups excluding carboxylic acids is 3. The average molecular weight is 555 g/mol. The number of H-pyrrole nitrogens is 1. The summed E-state index contributed by atoms with van der Waals surface area (Å²) in [5.41, 5.74) is 2.33. The molecule has 1 aromatic heterocycles. The van der Waals surface area contributed by atoms with Crippen LogP contribution in [-0.2, 0) is 33.8 Å². The number of carbonyl (C=O) groups is 3. The first-order valence-corrected chi connectivity index (χ1v) is 13.7. The van der Waals surface area contributed by atoms with Crippen LogP contribution in [0.15, 0.2) is 85.3 Å². The third-order valence-corrected chi connectivity index (χ3v) is 6.56. The number of aromatic nitrogens is 2. The number of hydrogen-bond donors (Lipinski definition) is 4. The molecule has 0 saturated carbocycles. The highest BCUT2D eigenvalue weighted by atomic mass is 16.5. The van der Waals surface area contributed by atoms with E-state index in [0.29, 0.717) is 18.0 Å². The lowest BCUT2D eigenvalue weighted by molar-refractivity contribution is -0.129. The lowest BCUT2D eigenvalue weighted by Gasteiger charge is -2.23. The minimum Gasteiger partial charge on any atom is -0.445 e. The van der Waals surface area contributed by atoms with Gasteiger partial charge in [0.25, 0.3) is 0 Å². The van der Waals surface area contributed by atoms with Gasteiger partial charge in [0, 0.05) is 25.6 Å². The number of benzene rings is 3. The summed E-state index contributed by atoms with van der Waals surface area (Å²) in [6, 6.07) is 21.1. The molecule has 1 radical (unpaired) electrons. The fraction of sp³-hybridized carbons (Fsp3) is 0.281. The van der Waals surface area contributed by atoms with Crippen molar-refractivity contribution in [3.63, 3.8) is 0 Å². The fourth-order valence-electron chi connectivity index (χ4n) is 4.40. The molecule has 3 aromatic carbocycles. The minimum absolute atomic E-state index is 0.0607. The molecule has 0 bridgehead atoms. The van der Waals surface area contributed by atoms with Crippen molar-refractivity contribution in [3.8, 4) is 0 Å². The molecule has 9 nitrogen and oxygen atoms in total. The van der Waals surface area contributed by atoms with Gasteiger partial charge < -0.3 is 25.7 Å². The molecule has 0 aliphatic carbocycles. The van der Waals surface area contributed by atoms with Crippen molar-refractivity contribution in [2.75, 3.05) is 0 Å². The van der Waals surface area contributed by atoms with E-state index >= 15 is 0 Å². The summed E-state index contributed by atoms with van der Waals surface area (Å²) in [7, 11) is 0. The van der Waals surface area contributed by atoms with E-state index in [1.54, 1.807) is 12.7 Å². The summed E-state index contributed by atoms with van der Waals surface area (Å²) in [6.45, 7) is 5.85. The SMILES string of the molecule is CC(C)C[CH]NC(=O)C(Cc1c[nH]cn1)NC(=O)[C@@H](Cc1cccc2ccccc12)NC(=O)OCc1ccccc1. The largest absolute Gasteiger partial charge is 0.445 e. The zero-order valence-corrected chi connectivity index (χ0v) is 23.3. The lowest BCUT2D eigenvalue weighted by atomic mass is 9.98. The van der Waals surface area contributed by atoms with E-state index in [1.807, 2.05) is 86.6 Å². The Morgan fingerprint density at radius 1 is 0.878 bits per heavy atom. The normalized spacial score (nSPS) is 12.5. The molecule has 0 fully saturated rings. The van der Waals surface area contributed by atoms with Gasteiger partial charge in [0.2, 0.25) is 11.8 Å². The van der Waals surface area contributed by atoms with Crippen molar-refractivity contribution in [1.29, 1.82) is 0 Å². The molecule has 0 saturated heterocycles. The molecule has 3 amide bonds. The highest BCUT2D eigenvalue weighted by Gasteiger charge is 2.28. The maximum atomic E-state index is 13.7. The van der Waals surface area contributed by atoms with Gasteiger partial charge in [-0.25, -0.2) is 9.78 Å². The smallest absolute Gasteiger partial charge is 0.408 e. The molecule has 4 aromatic rings. The van der Waals surface area contributed by atoms with E-state index in [9.17, 15) is 14.4 Å². The van der Waals surface area contributed by atoms with Crippen molar-refractivity contribution >= 4 is 28.7 Å². The molecule has 4 N–H and O–H groups in total. The summed E-state index contributed by atoms with van der Waals surface area (Å²) in [5, 5.41) is 10.4. The molecule has 0 aliphatic heterocycles. The van der Waals surface area contributed by atoms with Gasteiger partial charge in [-0.2, -0.15) is 0 Å². The Bertz CT molecular complexity index is 1420. The van der Waals surface area contributed by atoms with Crippen LogP contribution in [0.1, 0.15) is 37.1 Å². The van der Waals surface area contributed by atoms with E-state index in [2.05, 4.69) is 25.9 Å². The van der Waals surface area contributed by atoms with Crippen molar-refractivity contribution in [2.45, 2.75) is 51.8 Å². The minimum atomic E-state index is -1.00. The zero-order chi connectivity index (χ0) is 29.0. The molecule has 1 unspecified atom stereocenters. The quantitative estimate of drug-likeness (QED) is 0.194. The third kappa shape index (κ3) is 8.93. The number of aromatic amines is 1. The molecule has 213 valence electrons. The predicted octanol–water partition coefficient (Wildman–Crippen LogP) is 4.45. The number of alkyl carbamates (subject to hydrolysis) is 1. The van der Waals surface area contributed by atoms with Gasteiger partial charge in [-0.05, 0) is 34.2 Å². The van der Waals surface area contributed by atoms with Gasteiger partial charge >= 0.3 is 6.09 Å². The zero-order valence-electron chi connectivity index (χ0n) is 23.3. The number of fused-ring (bicyclic) bond motifs is 1. The topological polar surface area (TPSA) is 125 Å². The number of nitrogens with zero attached hydrogens (tertiary/aromatic N) is 1. The first-order chi connectivity index (χ1) is 19.9. The molecule has 0 spiro atoms. The summed E-state index contributed by atoms with van der Waals surface area (Å²) in [4.78, 5) is 46.8. The Labute approximate surface area is 240 Å². The summed E-state index contributed by atoms with van der Waals surface area (Å²) < 4.78 is 5.42. The average Bonchev–Trinajstić information content (AvgIpc) is 3.49. The molecule has 1 heterocycles. The fourth-order valence-corrected chi connectivity index (χ4v) is 4.40. The molecule has 41 heavy (non-hydrogen) atoms. The Balaban J connectivity index is 1.53. The number of imidazole rings is 1. The highest BCUT2D eigenvalue weighted by molar-refractivity contribution is 5.93. The van der Waals surface area contributed by atoms with Crippen LogP contribution in [0.5, 0.6) is 0 Å². The Morgan fingerprint density at radius 3 is 2.37 bits per heavy atom. The predicted molar refractivity (Wildman–Crippen MR) is 157 cm³/mol.